The Morgan fingerprint density at radius 2 is 1.55 bits per heavy atom. The van der Waals surface area contributed by atoms with E-state index in [9.17, 15) is 4.79 Å². The zero-order valence-electron chi connectivity index (χ0n) is 17.8. The van der Waals surface area contributed by atoms with E-state index in [1.807, 2.05) is 41.3 Å². The average molecular weight is 407 g/mol. The molecule has 0 saturated carbocycles. The molecule has 3 heteroatoms. The number of carbonyl (C=O) groups excluding carboxylic acids is 1. The Morgan fingerprint density at radius 1 is 0.871 bits per heavy atom. The van der Waals surface area contributed by atoms with Gasteiger partial charge in [0.05, 0.1) is 11.6 Å². The fourth-order valence-corrected chi connectivity index (χ4v) is 4.72. The SMILES string of the molecule is CCCC[C@H]1c2c(nc3ccccc3c2-c2ccccc2)C(=O)N1Cc1ccccc1. The van der Waals surface area contributed by atoms with E-state index in [2.05, 4.69) is 55.5 Å². The number of rotatable bonds is 6. The molecule has 5 rings (SSSR count). The summed E-state index contributed by atoms with van der Waals surface area (Å²) in [5, 5.41) is 1.11. The number of unbranched alkanes of at least 4 members (excludes halogenated alkanes) is 1. The maximum atomic E-state index is 13.7. The highest BCUT2D eigenvalue weighted by Gasteiger charge is 2.40. The highest BCUT2D eigenvalue weighted by molar-refractivity contribution is 6.06. The molecular weight excluding hydrogens is 380 g/mol. The van der Waals surface area contributed by atoms with Crippen LogP contribution < -0.4 is 0 Å². The van der Waals surface area contributed by atoms with Crippen molar-refractivity contribution in [3.8, 4) is 11.1 Å². The molecule has 154 valence electrons. The van der Waals surface area contributed by atoms with E-state index in [1.165, 1.54) is 0 Å². The van der Waals surface area contributed by atoms with E-state index < -0.39 is 0 Å². The van der Waals surface area contributed by atoms with Gasteiger partial charge >= 0.3 is 0 Å². The van der Waals surface area contributed by atoms with E-state index in [1.54, 1.807) is 0 Å². The highest BCUT2D eigenvalue weighted by Crippen LogP contribution is 2.45. The molecule has 1 aromatic heterocycles. The Labute approximate surface area is 183 Å². The lowest BCUT2D eigenvalue weighted by molar-refractivity contribution is 0.0696. The Kier molecular flexibility index (Phi) is 5.25. The second-order valence-corrected chi connectivity index (χ2v) is 8.21. The quantitative estimate of drug-likeness (QED) is 0.353. The number of hydrogen-bond donors (Lipinski definition) is 0. The predicted octanol–water partition coefficient (Wildman–Crippen LogP) is 6.79. The van der Waals surface area contributed by atoms with Crippen LogP contribution in [0.1, 0.15) is 53.8 Å². The van der Waals surface area contributed by atoms with Crippen LogP contribution in [0.4, 0.5) is 0 Å². The van der Waals surface area contributed by atoms with Gasteiger partial charge in [0.1, 0.15) is 5.69 Å². The third-order valence-corrected chi connectivity index (χ3v) is 6.19. The van der Waals surface area contributed by atoms with Crippen LogP contribution >= 0.6 is 0 Å². The average Bonchev–Trinajstić information content (AvgIpc) is 3.08. The minimum Gasteiger partial charge on any atom is -0.326 e. The first kappa shape index (κ1) is 19.5. The first-order valence-corrected chi connectivity index (χ1v) is 11.1. The van der Waals surface area contributed by atoms with Crippen molar-refractivity contribution in [2.75, 3.05) is 0 Å². The molecule has 1 amide bonds. The molecule has 31 heavy (non-hydrogen) atoms. The van der Waals surface area contributed by atoms with Crippen LogP contribution in [-0.4, -0.2) is 15.8 Å². The van der Waals surface area contributed by atoms with Crippen LogP contribution in [0, 0.1) is 0 Å². The summed E-state index contributed by atoms with van der Waals surface area (Å²) < 4.78 is 0. The van der Waals surface area contributed by atoms with Gasteiger partial charge in [0.15, 0.2) is 0 Å². The molecule has 1 aliphatic rings. The third-order valence-electron chi connectivity index (χ3n) is 6.19. The zero-order valence-corrected chi connectivity index (χ0v) is 17.8. The van der Waals surface area contributed by atoms with Crippen LogP contribution in [0.15, 0.2) is 84.9 Å². The minimum absolute atomic E-state index is 0.0370. The lowest BCUT2D eigenvalue weighted by Gasteiger charge is -2.26. The van der Waals surface area contributed by atoms with Crippen molar-refractivity contribution in [2.45, 2.75) is 38.8 Å². The first-order chi connectivity index (χ1) is 15.3. The number of carbonyl (C=O) groups is 1. The van der Waals surface area contributed by atoms with Gasteiger partial charge in [-0.05, 0) is 29.2 Å². The lowest BCUT2D eigenvalue weighted by atomic mass is 9.90. The molecule has 3 nitrogen and oxygen atoms in total. The fourth-order valence-electron chi connectivity index (χ4n) is 4.72. The third kappa shape index (κ3) is 3.50. The molecule has 0 fully saturated rings. The van der Waals surface area contributed by atoms with E-state index in [-0.39, 0.29) is 11.9 Å². The number of amides is 1. The minimum atomic E-state index is 0.0370. The Hall–Kier alpha value is -3.46. The summed E-state index contributed by atoms with van der Waals surface area (Å²) in [6, 6.07) is 28.9. The van der Waals surface area contributed by atoms with Gasteiger partial charge in [0.25, 0.3) is 5.91 Å². The summed E-state index contributed by atoms with van der Waals surface area (Å²) in [6.45, 7) is 2.81. The van der Waals surface area contributed by atoms with Gasteiger partial charge in [-0.2, -0.15) is 0 Å². The first-order valence-electron chi connectivity index (χ1n) is 11.1. The van der Waals surface area contributed by atoms with Gasteiger partial charge in [0.2, 0.25) is 0 Å². The molecule has 3 aromatic carbocycles. The van der Waals surface area contributed by atoms with E-state index in [0.717, 1.165) is 52.4 Å². The number of nitrogens with zero attached hydrogens (tertiary/aromatic N) is 2. The van der Waals surface area contributed by atoms with Gasteiger partial charge in [-0.15, -0.1) is 0 Å². The molecule has 0 bridgehead atoms. The number of fused-ring (bicyclic) bond motifs is 2. The predicted molar refractivity (Wildman–Crippen MR) is 126 cm³/mol. The van der Waals surface area contributed by atoms with Crippen molar-refractivity contribution in [2.24, 2.45) is 0 Å². The van der Waals surface area contributed by atoms with Gasteiger partial charge in [0, 0.05) is 17.5 Å². The second kappa shape index (κ2) is 8.35. The summed E-state index contributed by atoms with van der Waals surface area (Å²) in [5.41, 5.74) is 6.05. The highest BCUT2D eigenvalue weighted by atomic mass is 16.2. The van der Waals surface area contributed by atoms with Crippen LogP contribution in [-0.2, 0) is 6.54 Å². The number of hydrogen-bond acceptors (Lipinski definition) is 2. The van der Waals surface area contributed by atoms with Crippen LogP contribution in [0.5, 0.6) is 0 Å². The van der Waals surface area contributed by atoms with Gasteiger partial charge in [-0.1, -0.05) is 98.6 Å². The Morgan fingerprint density at radius 3 is 2.29 bits per heavy atom. The van der Waals surface area contributed by atoms with Crippen molar-refractivity contribution in [1.29, 1.82) is 0 Å². The molecule has 4 aromatic rings. The Bertz CT molecular complexity index is 1220. The van der Waals surface area contributed by atoms with Crippen molar-refractivity contribution in [3.63, 3.8) is 0 Å². The molecule has 1 atom stereocenters. The Balaban J connectivity index is 1.73. The number of benzene rings is 3. The lowest BCUT2D eigenvalue weighted by Crippen LogP contribution is -2.27. The topological polar surface area (TPSA) is 33.2 Å². The van der Waals surface area contributed by atoms with Crippen molar-refractivity contribution >= 4 is 16.8 Å². The summed E-state index contributed by atoms with van der Waals surface area (Å²) in [6.07, 6.45) is 3.12. The molecule has 0 radical (unpaired) electrons. The fraction of sp³-hybridized carbons (Fsp3) is 0.214. The maximum absolute atomic E-state index is 13.7. The van der Waals surface area contributed by atoms with Crippen LogP contribution in [0.25, 0.3) is 22.0 Å². The second-order valence-electron chi connectivity index (χ2n) is 8.21. The van der Waals surface area contributed by atoms with Crippen LogP contribution in [0.2, 0.25) is 0 Å². The molecule has 1 aliphatic heterocycles. The van der Waals surface area contributed by atoms with Crippen molar-refractivity contribution < 1.29 is 4.79 Å². The number of pyridine rings is 1. The van der Waals surface area contributed by atoms with E-state index in [0.29, 0.717) is 12.2 Å². The van der Waals surface area contributed by atoms with E-state index >= 15 is 0 Å². The number of aromatic nitrogens is 1. The molecule has 0 saturated heterocycles. The standard InChI is InChI=1S/C28H26N2O/c1-2-3-18-24-26-25(21-14-8-5-9-15-21)22-16-10-11-17-23(22)29-27(26)28(31)30(24)19-20-12-6-4-7-13-20/h4-17,24H,2-3,18-19H2,1H3/t24-/m0/s1. The van der Waals surface area contributed by atoms with Gasteiger partial charge < -0.3 is 4.90 Å². The number of para-hydroxylation sites is 1. The zero-order chi connectivity index (χ0) is 21.2. The molecule has 0 spiro atoms. The van der Waals surface area contributed by atoms with Gasteiger partial charge in [-0.3, -0.25) is 4.79 Å². The monoisotopic (exact) mass is 406 g/mol. The normalized spacial score (nSPS) is 15.5. The summed E-state index contributed by atoms with van der Waals surface area (Å²) in [7, 11) is 0. The maximum Gasteiger partial charge on any atom is 0.273 e. The summed E-state index contributed by atoms with van der Waals surface area (Å²) in [5.74, 6) is 0.0443. The smallest absolute Gasteiger partial charge is 0.273 e. The van der Waals surface area contributed by atoms with Gasteiger partial charge in [-0.25, -0.2) is 4.98 Å². The summed E-state index contributed by atoms with van der Waals surface area (Å²) in [4.78, 5) is 20.6. The molecule has 0 unspecified atom stereocenters. The molecule has 0 aliphatic carbocycles. The van der Waals surface area contributed by atoms with Crippen molar-refractivity contribution in [1.82, 2.24) is 9.88 Å². The summed E-state index contributed by atoms with van der Waals surface area (Å²) >= 11 is 0. The molecular formula is C28H26N2O. The van der Waals surface area contributed by atoms with Crippen LogP contribution in [0.3, 0.4) is 0 Å². The molecule has 2 heterocycles. The molecule has 0 N–H and O–H groups in total. The van der Waals surface area contributed by atoms with E-state index in [4.69, 9.17) is 4.98 Å². The largest absolute Gasteiger partial charge is 0.326 e. The van der Waals surface area contributed by atoms with Crippen molar-refractivity contribution in [3.05, 3.63) is 102 Å².